The van der Waals surface area contributed by atoms with Crippen molar-refractivity contribution in [2.24, 2.45) is 5.92 Å². The van der Waals surface area contributed by atoms with Gasteiger partial charge in [-0.15, -0.1) is 0 Å². The second-order valence-corrected chi connectivity index (χ2v) is 6.79. The zero-order chi connectivity index (χ0) is 16.1. The highest BCUT2D eigenvalue weighted by atomic mass is 32.2. The van der Waals surface area contributed by atoms with Crippen LogP contribution in [0.15, 0.2) is 24.3 Å². The Hall–Kier alpha value is -1.49. The van der Waals surface area contributed by atoms with Crippen LogP contribution in [0, 0.1) is 5.92 Å². The third kappa shape index (κ3) is 4.26. The van der Waals surface area contributed by atoms with Gasteiger partial charge in [-0.25, -0.2) is 0 Å². The van der Waals surface area contributed by atoms with E-state index in [4.69, 9.17) is 4.74 Å². The molecule has 22 heavy (non-hydrogen) atoms. The summed E-state index contributed by atoms with van der Waals surface area (Å²) in [6, 6.07) is 7.97. The topological polar surface area (TPSA) is 46.6 Å². The molecule has 0 aromatic heterocycles. The van der Waals surface area contributed by atoms with E-state index in [1.165, 1.54) is 11.8 Å². The van der Waals surface area contributed by atoms with E-state index in [1.54, 1.807) is 6.92 Å². The zero-order valence-electron chi connectivity index (χ0n) is 13.4. The second-order valence-electron chi connectivity index (χ2n) is 5.60. The molecule has 0 spiro atoms. The van der Waals surface area contributed by atoms with Gasteiger partial charge >= 0.3 is 0 Å². The number of hydrogen-bond donors (Lipinski definition) is 0. The molecule has 1 aromatic rings. The van der Waals surface area contributed by atoms with Crippen molar-refractivity contribution in [3.05, 3.63) is 29.8 Å². The van der Waals surface area contributed by atoms with Crippen molar-refractivity contribution in [1.29, 1.82) is 0 Å². The number of rotatable bonds is 6. The molecule has 2 atom stereocenters. The largest absolute Gasteiger partial charge is 0.494 e. The highest BCUT2D eigenvalue weighted by molar-refractivity contribution is 8.13. The van der Waals surface area contributed by atoms with Gasteiger partial charge in [0.25, 0.3) is 0 Å². The summed E-state index contributed by atoms with van der Waals surface area (Å²) in [5, 5.41) is 0.116. The fourth-order valence-electron chi connectivity index (χ4n) is 2.72. The SMILES string of the molecule is CCOc1ccc(C(C)N2CC(CSC(C)=O)CC2=O)cc1. The quantitative estimate of drug-likeness (QED) is 0.807. The van der Waals surface area contributed by atoms with Gasteiger partial charge in [-0.1, -0.05) is 23.9 Å². The minimum Gasteiger partial charge on any atom is -0.494 e. The van der Waals surface area contributed by atoms with Gasteiger partial charge in [0.15, 0.2) is 5.12 Å². The van der Waals surface area contributed by atoms with Crippen LogP contribution in [0.5, 0.6) is 5.75 Å². The number of nitrogens with zero attached hydrogens (tertiary/aromatic N) is 1. The summed E-state index contributed by atoms with van der Waals surface area (Å²) in [4.78, 5) is 25.2. The molecule has 1 fully saturated rings. The molecular weight excluding hydrogens is 298 g/mol. The predicted octanol–water partition coefficient (Wildman–Crippen LogP) is 3.27. The van der Waals surface area contributed by atoms with Crippen LogP contribution < -0.4 is 4.74 Å². The molecule has 5 heteroatoms. The number of amides is 1. The predicted molar refractivity (Wildman–Crippen MR) is 89.0 cm³/mol. The van der Waals surface area contributed by atoms with E-state index >= 15 is 0 Å². The molecule has 1 amide bonds. The van der Waals surface area contributed by atoms with Crippen molar-refractivity contribution >= 4 is 22.8 Å². The normalized spacial score (nSPS) is 19.3. The molecule has 2 rings (SSSR count). The number of likely N-dealkylation sites (tertiary alicyclic amines) is 1. The Bertz CT molecular complexity index is 529. The van der Waals surface area contributed by atoms with Gasteiger partial charge in [-0.2, -0.15) is 0 Å². The van der Waals surface area contributed by atoms with Crippen LogP contribution in [0.4, 0.5) is 0 Å². The molecule has 0 saturated carbocycles. The molecule has 1 aliphatic rings. The number of carbonyl (C=O) groups is 2. The summed E-state index contributed by atoms with van der Waals surface area (Å²) in [6.45, 7) is 6.96. The van der Waals surface area contributed by atoms with Crippen molar-refractivity contribution in [1.82, 2.24) is 4.90 Å². The Labute approximate surface area is 136 Å². The molecular formula is C17H23NO3S. The number of ether oxygens (including phenoxy) is 1. The minimum absolute atomic E-state index is 0.0514. The first kappa shape index (κ1) is 16.9. The lowest BCUT2D eigenvalue weighted by molar-refractivity contribution is -0.129. The van der Waals surface area contributed by atoms with E-state index in [9.17, 15) is 9.59 Å². The van der Waals surface area contributed by atoms with Gasteiger partial charge in [0, 0.05) is 25.6 Å². The summed E-state index contributed by atoms with van der Waals surface area (Å²) in [5.74, 6) is 2.03. The molecule has 1 aromatic carbocycles. The average molecular weight is 321 g/mol. The Morgan fingerprint density at radius 3 is 2.68 bits per heavy atom. The molecule has 2 unspecified atom stereocenters. The fourth-order valence-corrected chi connectivity index (χ4v) is 3.41. The first-order valence-electron chi connectivity index (χ1n) is 7.66. The van der Waals surface area contributed by atoms with Gasteiger partial charge in [0.05, 0.1) is 12.6 Å². The lowest BCUT2D eigenvalue weighted by atomic mass is 10.1. The van der Waals surface area contributed by atoms with Crippen LogP contribution in [-0.4, -0.2) is 34.8 Å². The molecule has 0 N–H and O–H groups in total. The summed E-state index contributed by atoms with van der Waals surface area (Å²) in [6.07, 6.45) is 0.543. The van der Waals surface area contributed by atoms with E-state index in [0.717, 1.165) is 23.6 Å². The first-order valence-corrected chi connectivity index (χ1v) is 8.65. The molecule has 0 radical (unpaired) electrons. The van der Waals surface area contributed by atoms with Crippen LogP contribution in [0.25, 0.3) is 0 Å². The van der Waals surface area contributed by atoms with E-state index in [2.05, 4.69) is 0 Å². The summed E-state index contributed by atoms with van der Waals surface area (Å²) >= 11 is 1.31. The van der Waals surface area contributed by atoms with Gasteiger partial charge in [0.2, 0.25) is 5.91 Å². The Balaban J connectivity index is 1.98. The molecule has 1 saturated heterocycles. The van der Waals surface area contributed by atoms with Crippen LogP contribution in [0.2, 0.25) is 0 Å². The summed E-state index contributed by atoms with van der Waals surface area (Å²) in [7, 11) is 0. The smallest absolute Gasteiger partial charge is 0.223 e. The van der Waals surface area contributed by atoms with E-state index in [1.807, 2.05) is 43.0 Å². The van der Waals surface area contributed by atoms with Crippen LogP contribution >= 0.6 is 11.8 Å². The molecule has 0 bridgehead atoms. The molecule has 120 valence electrons. The highest BCUT2D eigenvalue weighted by Gasteiger charge is 2.33. The van der Waals surface area contributed by atoms with E-state index in [-0.39, 0.29) is 23.0 Å². The van der Waals surface area contributed by atoms with Crippen molar-refractivity contribution < 1.29 is 14.3 Å². The monoisotopic (exact) mass is 321 g/mol. The Morgan fingerprint density at radius 1 is 1.41 bits per heavy atom. The van der Waals surface area contributed by atoms with Crippen molar-refractivity contribution in [2.75, 3.05) is 18.9 Å². The van der Waals surface area contributed by atoms with Crippen molar-refractivity contribution in [2.45, 2.75) is 33.2 Å². The number of thioether (sulfide) groups is 1. The van der Waals surface area contributed by atoms with Crippen LogP contribution in [-0.2, 0) is 9.59 Å². The average Bonchev–Trinajstić information content (AvgIpc) is 2.86. The maximum Gasteiger partial charge on any atom is 0.223 e. The van der Waals surface area contributed by atoms with E-state index < -0.39 is 0 Å². The highest BCUT2D eigenvalue weighted by Crippen LogP contribution is 2.30. The second kappa shape index (κ2) is 7.68. The van der Waals surface area contributed by atoms with Gasteiger partial charge in [-0.05, 0) is 37.5 Å². The third-order valence-corrected chi connectivity index (χ3v) is 4.95. The van der Waals surface area contributed by atoms with Crippen molar-refractivity contribution in [3.8, 4) is 5.75 Å². The third-order valence-electron chi connectivity index (χ3n) is 3.90. The Kier molecular flexibility index (Phi) is 5.89. The maximum atomic E-state index is 12.2. The number of benzene rings is 1. The molecule has 1 heterocycles. The fraction of sp³-hybridized carbons (Fsp3) is 0.529. The Morgan fingerprint density at radius 2 is 2.09 bits per heavy atom. The number of hydrogen-bond acceptors (Lipinski definition) is 4. The van der Waals surface area contributed by atoms with E-state index in [0.29, 0.717) is 13.0 Å². The summed E-state index contributed by atoms with van der Waals surface area (Å²) < 4.78 is 5.44. The van der Waals surface area contributed by atoms with Crippen molar-refractivity contribution in [3.63, 3.8) is 0 Å². The van der Waals surface area contributed by atoms with Gasteiger partial charge < -0.3 is 9.64 Å². The van der Waals surface area contributed by atoms with Gasteiger partial charge in [0.1, 0.15) is 5.75 Å². The minimum atomic E-state index is 0.0514. The lowest BCUT2D eigenvalue weighted by Crippen LogP contribution is -2.28. The summed E-state index contributed by atoms with van der Waals surface area (Å²) in [5.41, 5.74) is 1.11. The standard InChI is InChI=1S/C17H23NO3S/c1-4-21-16-7-5-15(6-8-16)12(2)18-10-14(9-17(18)20)11-22-13(3)19/h5-8,12,14H,4,9-11H2,1-3H3. The molecule has 1 aliphatic heterocycles. The molecule has 0 aliphatic carbocycles. The lowest BCUT2D eigenvalue weighted by Gasteiger charge is -2.25. The number of carbonyl (C=O) groups excluding carboxylic acids is 2. The maximum absolute atomic E-state index is 12.2. The molecule has 4 nitrogen and oxygen atoms in total. The van der Waals surface area contributed by atoms with Crippen LogP contribution in [0.1, 0.15) is 38.8 Å². The first-order chi connectivity index (χ1) is 10.5. The van der Waals surface area contributed by atoms with Crippen LogP contribution in [0.3, 0.4) is 0 Å². The zero-order valence-corrected chi connectivity index (χ0v) is 14.2. The van der Waals surface area contributed by atoms with Gasteiger partial charge in [-0.3, -0.25) is 9.59 Å².